The second-order valence-corrected chi connectivity index (χ2v) is 7.36. The van der Waals surface area contributed by atoms with Crippen LogP contribution < -0.4 is 10.5 Å². The molecular weight excluding hydrogens is 256 g/mol. The molecule has 1 aliphatic carbocycles. The van der Waals surface area contributed by atoms with Crippen molar-refractivity contribution in [3.63, 3.8) is 0 Å². The molecule has 1 aromatic rings. The van der Waals surface area contributed by atoms with Crippen molar-refractivity contribution >= 4 is 21.4 Å². The maximum atomic E-state index is 12.0. The third kappa shape index (κ3) is 3.51. The fraction of sp³-hybridized carbons (Fsp3) is 0.636. The molecular formula is C11H18N2O2S2. The van der Waals surface area contributed by atoms with Crippen molar-refractivity contribution in [2.45, 2.75) is 43.7 Å². The molecule has 4 nitrogen and oxygen atoms in total. The Hall–Kier alpha value is -0.430. The summed E-state index contributed by atoms with van der Waals surface area (Å²) in [6.45, 7) is 2.31. The Morgan fingerprint density at radius 3 is 2.82 bits per heavy atom. The monoisotopic (exact) mass is 274 g/mol. The Kier molecular flexibility index (Phi) is 3.87. The fourth-order valence-corrected chi connectivity index (χ4v) is 4.25. The number of sulfonamides is 1. The molecule has 0 aromatic carbocycles. The molecule has 1 atom stereocenters. The van der Waals surface area contributed by atoms with Gasteiger partial charge >= 0.3 is 0 Å². The Bertz CT molecular complexity index is 477. The summed E-state index contributed by atoms with van der Waals surface area (Å²) in [5, 5.41) is 1.65. The van der Waals surface area contributed by atoms with Crippen molar-refractivity contribution in [3.8, 4) is 0 Å². The molecule has 17 heavy (non-hydrogen) atoms. The molecule has 1 fully saturated rings. The highest BCUT2D eigenvalue weighted by Crippen LogP contribution is 2.33. The summed E-state index contributed by atoms with van der Waals surface area (Å²) in [5.74, 6) is 0.717. The summed E-state index contributed by atoms with van der Waals surface area (Å²) >= 11 is 1.39. The standard InChI is InChI=1S/C11H18N2O2S2/c1-8(4-9-2-3-9)13-17(14,15)11-5-10(6-12)16-7-11/h5,7-9,13H,2-4,6,12H2,1H3. The van der Waals surface area contributed by atoms with Crippen LogP contribution in [0.5, 0.6) is 0 Å². The van der Waals surface area contributed by atoms with Gasteiger partial charge in [-0.15, -0.1) is 11.3 Å². The highest BCUT2D eigenvalue weighted by Gasteiger charge is 2.26. The zero-order chi connectivity index (χ0) is 12.5. The molecule has 1 saturated carbocycles. The number of rotatable bonds is 6. The van der Waals surface area contributed by atoms with Crippen molar-refractivity contribution in [2.24, 2.45) is 11.7 Å². The third-order valence-corrected chi connectivity index (χ3v) is 5.56. The molecule has 0 bridgehead atoms. The van der Waals surface area contributed by atoms with Crippen LogP contribution in [0.15, 0.2) is 16.3 Å². The predicted molar refractivity (Wildman–Crippen MR) is 69.3 cm³/mol. The van der Waals surface area contributed by atoms with E-state index in [1.807, 2.05) is 6.92 Å². The lowest BCUT2D eigenvalue weighted by molar-refractivity contribution is 0.530. The van der Waals surface area contributed by atoms with E-state index in [1.165, 1.54) is 24.2 Å². The minimum Gasteiger partial charge on any atom is -0.326 e. The van der Waals surface area contributed by atoms with Gasteiger partial charge in [0.15, 0.2) is 0 Å². The van der Waals surface area contributed by atoms with Gasteiger partial charge in [0, 0.05) is 22.8 Å². The fourth-order valence-electron chi connectivity index (χ4n) is 1.84. The van der Waals surface area contributed by atoms with Crippen molar-refractivity contribution in [3.05, 3.63) is 16.3 Å². The zero-order valence-corrected chi connectivity index (χ0v) is 11.5. The van der Waals surface area contributed by atoms with Gasteiger partial charge in [0.05, 0.1) is 4.90 Å². The lowest BCUT2D eigenvalue weighted by Gasteiger charge is -2.12. The van der Waals surface area contributed by atoms with Crippen molar-refractivity contribution < 1.29 is 8.42 Å². The smallest absolute Gasteiger partial charge is 0.241 e. The van der Waals surface area contributed by atoms with Crippen molar-refractivity contribution in [2.75, 3.05) is 0 Å². The molecule has 6 heteroatoms. The largest absolute Gasteiger partial charge is 0.326 e. The molecule has 0 spiro atoms. The molecule has 0 radical (unpaired) electrons. The van der Waals surface area contributed by atoms with Gasteiger partial charge in [-0.1, -0.05) is 12.8 Å². The van der Waals surface area contributed by atoms with Crippen LogP contribution >= 0.6 is 11.3 Å². The van der Waals surface area contributed by atoms with Gasteiger partial charge in [-0.3, -0.25) is 0 Å². The lowest BCUT2D eigenvalue weighted by Crippen LogP contribution is -2.32. The van der Waals surface area contributed by atoms with Gasteiger partial charge in [-0.05, 0) is 25.3 Å². The third-order valence-electron chi connectivity index (χ3n) is 2.88. The van der Waals surface area contributed by atoms with E-state index in [4.69, 9.17) is 5.73 Å². The van der Waals surface area contributed by atoms with Crippen LogP contribution in [0.1, 0.15) is 31.1 Å². The molecule has 1 unspecified atom stereocenters. The average Bonchev–Trinajstić information content (AvgIpc) is 2.92. The minimum atomic E-state index is -3.36. The van der Waals surface area contributed by atoms with E-state index in [0.29, 0.717) is 11.4 Å². The van der Waals surface area contributed by atoms with Gasteiger partial charge in [0.1, 0.15) is 0 Å². The number of nitrogens with one attached hydrogen (secondary N) is 1. The molecule has 0 aliphatic heterocycles. The van der Waals surface area contributed by atoms with Crippen molar-refractivity contribution in [1.82, 2.24) is 4.72 Å². The summed E-state index contributed by atoms with van der Waals surface area (Å²) < 4.78 is 26.8. The van der Waals surface area contributed by atoms with E-state index in [9.17, 15) is 8.42 Å². The van der Waals surface area contributed by atoms with Gasteiger partial charge in [-0.2, -0.15) is 0 Å². The molecule has 96 valence electrons. The first-order chi connectivity index (χ1) is 8.01. The van der Waals surface area contributed by atoms with E-state index < -0.39 is 10.0 Å². The summed E-state index contributed by atoms with van der Waals surface area (Å²) in [7, 11) is -3.36. The molecule has 0 saturated heterocycles. The maximum absolute atomic E-state index is 12.0. The van der Waals surface area contributed by atoms with E-state index in [2.05, 4.69) is 4.72 Å². The number of hydrogen-bond acceptors (Lipinski definition) is 4. The average molecular weight is 274 g/mol. The van der Waals surface area contributed by atoms with Crippen LogP contribution in [0.2, 0.25) is 0 Å². The maximum Gasteiger partial charge on any atom is 0.241 e. The molecule has 1 aromatic heterocycles. The van der Waals surface area contributed by atoms with Crippen LogP contribution in [0.4, 0.5) is 0 Å². The first-order valence-electron chi connectivity index (χ1n) is 5.81. The Morgan fingerprint density at radius 1 is 1.59 bits per heavy atom. The van der Waals surface area contributed by atoms with E-state index >= 15 is 0 Å². The summed E-state index contributed by atoms with van der Waals surface area (Å²) in [4.78, 5) is 1.23. The van der Waals surface area contributed by atoms with Gasteiger partial charge < -0.3 is 5.73 Å². The first kappa shape index (κ1) is 13.0. The SMILES string of the molecule is CC(CC1CC1)NS(=O)(=O)c1csc(CN)c1. The lowest BCUT2D eigenvalue weighted by atomic mass is 10.2. The van der Waals surface area contributed by atoms with Crippen LogP contribution in [0.25, 0.3) is 0 Å². The normalized spacial score (nSPS) is 18.2. The van der Waals surface area contributed by atoms with Gasteiger partial charge in [-0.25, -0.2) is 13.1 Å². The van der Waals surface area contributed by atoms with Crippen LogP contribution in [-0.4, -0.2) is 14.5 Å². The quantitative estimate of drug-likeness (QED) is 0.829. The molecule has 3 N–H and O–H groups in total. The minimum absolute atomic E-state index is 0.00808. The summed E-state index contributed by atoms with van der Waals surface area (Å²) in [6.07, 6.45) is 3.41. The molecule has 1 aliphatic rings. The first-order valence-corrected chi connectivity index (χ1v) is 8.17. The molecule has 2 rings (SSSR count). The molecule has 0 amide bonds. The van der Waals surface area contributed by atoms with E-state index in [1.54, 1.807) is 11.4 Å². The van der Waals surface area contributed by atoms with E-state index in [-0.39, 0.29) is 6.04 Å². The van der Waals surface area contributed by atoms with Crippen molar-refractivity contribution in [1.29, 1.82) is 0 Å². The second kappa shape index (κ2) is 5.06. The molecule has 1 heterocycles. The van der Waals surface area contributed by atoms with Crippen LogP contribution in [0, 0.1) is 5.92 Å². The Labute approximate surface area is 106 Å². The predicted octanol–water partition coefficient (Wildman–Crippen LogP) is 1.67. The highest BCUT2D eigenvalue weighted by atomic mass is 32.2. The van der Waals surface area contributed by atoms with Crippen LogP contribution in [-0.2, 0) is 16.6 Å². The Morgan fingerprint density at radius 2 is 2.29 bits per heavy atom. The Balaban J connectivity index is 2.01. The van der Waals surface area contributed by atoms with E-state index in [0.717, 1.165) is 17.2 Å². The number of nitrogens with two attached hydrogens (primary N) is 1. The second-order valence-electron chi connectivity index (χ2n) is 4.65. The highest BCUT2D eigenvalue weighted by molar-refractivity contribution is 7.89. The topological polar surface area (TPSA) is 72.2 Å². The summed E-state index contributed by atoms with van der Waals surface area (Å²) in [6, 6.07) is 1.66. The van der Waals surface area contributed by atoms with Crippen LogP contribution in [0.3, 0.4) is 0 Å². The number of hydrogen-bond donors (Lipinski definition) is 2. The van der Waals surface area contributed by atoms with Gasteiger partial charge in [0.25, 0.3) is 0 Å². The summed E-state index contributed by atoms with van der Waals surface area (Å²) in [5.41, 5.74) is 5.48. The number of thiophene rings is 1. The van der Waals surface area contributed by atoms with Gasteiger partial charge in [0.2, 0.25) is 10.0 Å². The zero-order valence-electron chi connectivity index (χ0n) is 9.85.